The smallest absolute Gasteiger partial charge is 0.143 e. The van der Waals surface area contributed by atoms with Gasteiger partial charge in [0.25, 0.3) is 0 Å². The van der Waals surface area contributed by atoms with Gasteiger partial charge in [0.2, 0.25) is 0 Å². The fraction of sp³-hybridized carbons (Fsp3) is 0.143. The van der Waals surface area contributed by atoms with Crippen LogP contribution in [0, 0.1) is 5.41 Å². The molecular weight excluding hydrogens is 661 g/mol. The molecule has 0 atom stereocenters. The van der Waals surface area contributed by atoms with E-state index in [0.29, 0.717) is 6.42 Å². The summed E-state index contributed by atoms with van der Waals surface area (Å²) in [7, 11) is -10.0. The van der Waals surface area contributed by atoms with Gasteiger partial charge in [0, 0.05) is 50.3 Å². The number of benzene rings is 6. The van der Waals surface area contributed by atoms with E-state index < -0.39 is 26.8 Å². The van der Waals surface area contributed by atoms with Gasteiger partial charge in [-0.3, -0.25) is 0 Å². The van der Waals surface area contributed by atoms with Gasteiger partial charge < -0.3 is 19.2 Å². The van der Waals surface area contributed by atoms with Gasteiger partial charge in [-0.2, -0.15) is 0 Å². The first-order valence-corrected chi connectivity index (χ1v) is 22.1. The molecule has 0 radical (unpaired) electrons. The molecule has 0 bridgehead atoms. The van der Waals surface area contributed by atoms with Gasteiger partial charge in [-0.25, -0.2) is 0 Å². The highest BCUT2D eigenvalue weighted by molar-refractivity contribution is 7.80. The molecule has 4 nitrogen and oxygen atoms in total. The Balaban J connectivity index is 0.00000468. The summed E-state index contributed by atoms with van der Waals surface area (Å²) >= 11 is 0. The molecule has 6 rings (SSSR count). The van der Waals surface area contributed by atoms with Crippen LogP contribution in [0.25, 0.3) is 0 Å². The van der Waals surface area contributed by atoms with Gasteiger partial charge in [0.1, 0.15) is 21.4 Å². The summed E-state index contributed by atoms with van der Waals surface area (Å²) in [6, 6.07) is 58.0. The van der Waals surface area contributed by atoms with Gasteiger partial charge >= 0.3 is 0 Å². The third kappa shape index (κ3) is 7.60. The van der Waals surface area contributed by atoms with E-state index in [0.717, 1.165) is 31.8 Å². The van der Waals surface area contributed by atoms with Crippen molar-refractivity contribution in [3.05, 3.63) is 182 Å². The highest BCUT2D eigenvalue weighted by Crippen LogP contribution is 2.61. The highest BCUT2D eigenvalue weighted by atomic mass is 31.2. The topological polar surface area (TPSA) is 82.7 Å². The Morgan fingerprint density at radius 3 is 0.653 bits per heavy atom. The molecule has 0 saturated carbocycles. The Morgan fingerprint density at radius 2 is 0.510 bits per heavy atom. The maximum Gasteiger partial charge on any atom is 0.143 e. The van der Waals surface area contributed by atoms with Crippen LogP contribution in [0.5, 0.6) is 0 Å². The molecule has 0 aliphatic rings. The van der Waals surface area contributed by atoms with Crippen LogP contribution in [-0.2, 0) is 13.7 Å². The number of hydrogen-bond acceptors (Lipinski definition) is 3. The number of hydrogen-bond donors (Lipinski definition) is 0. The highest BCUT2D eigenvalue weighted by Gasteiger charge is 2.48. The first kappa shape index (κ1) is 36.3. The van der Waals surface area contributed by atoms with Crippen LogP contribution in [0.2, 0.25) is 0 Å². The quantitative estimate of drug-likeness (QED) is 0.116. The molecule has 2 N–H and O–H groups in total. The minimum Gasteiger partial charge on any atom is -0.412 e. The van der Waals surface area contributed by atoms with Crippen molar-refractivity contribution < 1.29 is 19.2 Å². The van der Waals surface area contributed by atoms with Gasteiger partial charge in [-0.1, -0.05) is 189 Å². The molecule has 0 aromatic heterocycles. The van der Waals surface area contributed by atoms with E-state index in [9.17, 15) is 0 Å². The van der Waals surface area contributed by atoms with Crippen molar-refractivity contribution in [3.8, 4) is 0 Å². The zero-order valence-electron chi connectivity index (χ0n) is 27.7. The summed E-state index contributed by atoms with van der Waals surface area (Å²) in [5.74, 6) is 0. The fourth-order valence-electron chi connectivity index (χ4n) is 6.91. The molecule has 7 heteroatoms. The van der Waals surface area contributed by atoms with Gasteiger partial charge in [-0.15, -0.1) is 0 Å². The third-order valence-corrected chi connectivity index (χ3v) is 19.6. The van der Waals surface area contributed by atoms with Crippen molar-refractivity contribution in [2.24, 2.45) is 5.41 Å². The van der Waals surface area contributed by atoms with Gasteiger partial charge in [-0.05, 0) is 11.8 Å². The average Bonchev–Trinajstić information content (AvgIpc) is 3.16. The van der Waals surface area contributed by atoms with E-state index in [1.54, 1.807) is 0 Å². The predicted molar refractivity (Wildman–Crippen MR) is 210 cm³/mol. The van der Waals surface area contributed by atoms with Crippen LogP contribution in [0.3, 0.4) is 0 Å². The van der Waals surface area contributed by atoms with Crippen LogP contribution in [0.1, 0.15) is 13.3 Å². The second-order valence-electron chi connectivity index (χ2n) is 12.6. The summed E-state index contributed by atoms with van der Waals surface area (Å²) in [6.07, 6.45) is 1.19. The summed E-state index contributed by atoms with van der Waals surface area (Å²) in [4.78, 5) is 0. The molecule has 0 saturated heterocycles. The Labute approximate surface area is 290 Å². The average molecular weight is 705 g/mol. The lowest BCUT2D eigenvalue weighted by Crippen LogP contribution is -2.41. The zero-order chi connectivity index (χ0) is 33.5. The lowest BCUT2D eigenvalue weighted by Gasteiger charge is -2.41. The lowest BCUT2D eigenvalue weighted by atomic mass is 9.92. The Kier molecular flexibility index (Phi) is 11.6. The van der Waals surface area contributed by atoms with Crippen molar-refractivity contribution in [3.63, 3.8) is 0 Å². The third-order valence-electron chi connectivity index (χ3n) is 9.46. The Hall–Kier alpha value is -4.03. The maximum atomic E-state index is 15.9. The summed E-state index contributed by atoms with van der Waals surface area (Å²) in [6.45, 7) is 2.08. The van der Waals surface area contributed by atoms with E-state index in [-0.39, 0.29) is 24.0 Å². The molecule has 0 heterocycles. The van der Waals surface area contributed by atoms with Crippen molar-refractivity contribution in [1.82, 2.24) is 0 Å². The number of rotatable bonds is 13. The van der Waals surface area contributed by atoms with Crippen LogP contribution < -0.4 is 31.8 Å². The summed E-state index contributed by atoms with van der Waals surface area (Å²) in [5.41, 5.74) is -0.871. The van der Waals surface area contributed by atoms with Gasteiger partial charge in [0.15, 0.2) is 0 Å². The molecule has 250 valence electrons. The van der Waals surface area contributed by atoms with Crippen LogP contribution in [0.15, 0.2) is 182 Å². The van der Waals surface area contributed by atoms with E-state index >= 15 is 13.7 Å². The second-order valence-corrected chi connectivity index (χ2v) is 21.0. The maximum absolute atomic E-state index is 15.9. The molecule has 0 aliphatic heterocycles. The largest absolute Gasteiger partial charge is 0.412 e. The zero-order valence-corrected chi connectivity index (χ0v) is 30.4. The summed E-state index contributed by atoms with van der Waals surface area (Å²) in [5, 5.41) is 4.49. The van der Waals surface area contributed by atoms with E-state index in [4.69, 9.17) is 0 Å². The molecule has 49 heavy (non-hydrogen) atoms. The molecular formula is C42H43O4P3. The van der Waals surface area contributed by atoms with Crippen molar-refractivity contribution >= 4 is 53.3 Å². The minimum atomic E-state index is -3.34. The van der Waals surface area contributed by atoms with Gasteiger partial charge in [0.05, 0.1) is 0 Å². The minimum absolute atomic E-state index is 0. The molecule has 0 unspecified atom stereocenters. The lowest BCUT2D eigenvalue weighted by molar-refractivity contribution is 0.401. The normalized spacial score (nSPS) is 12.2. The van der Waals surface area contributed by atoms with Crippen molar-refractivity contribution in [2.45, 2.75) is 13.3 Å². The van der Waals surface area contributed by atoms with Crippen LogP contribution >= 0.6 is 21.4 Å². The van der Waals surface area contributed by atoms with Crippen molar-refractivity contribution in [1.29, 1.82) is 0 Å². The predicted octanol–water partition coefficient (Wildman–Crippen LogP) is 7.60. The monoisotopic (exact) mass is 704 g/mol. The first-order valence-electron chi connectivity index (χ1n) is 16.4. The molecule has 6 aromatic carbocycles. The molecule has 0 amide bonds. The summed E-state index contributed by atoms with van der Waals surface area (Å²) < 4.78 is 47.8. The SMILES string of the molecule is CCC(CP(=O)(c1ccccc1)c1ccccc1)(CP(=O)(c1ccccc1)c1ccccc1)CP(=O)(c1ccccc1)c1ccccc1.O. The van der Waals surface area contributed by atoms with E-state index in [1.165, 1.54) is 0 Å². The molecule has 0 fully saturated rings. The van der Waals surface area contributed by atoms with E-state index in [1.807, 2.05) is 182 Å². The second kappa shape index (κ2) is 15.7. The molecule has 6 aromatic rings. The van der Waals surface area contributed by atoms with E-state index in [2.05, 4.69) is 6.92 Å². The van der Waals surface area contributed by atoms with Crippen LogP contribution in [-0.4, -0.2) is 24.0 Å². The van der Waals surface area contributed by atoms with Crippen LogP contribution in [0.4, 0.5) is 0 Å². The molecule has 0 aliphatic carbocycles. The Morgan fingerprint density at radius 1 is 0.347 bits per heavy atom. The standard InChI is InChI=1S/C42H41O3P3.H2O/c1-2-42(33-46(43,36-21-9-3-10-22-36)37-23-11-4-12-24-37,34-47(44,38-25-13-5-14-26-38)39-27-15-6-16-28-39)35-48(45,40-29-17-7-18-30-40)41-31-19-8-20-32-41;/h3-32H,2,33-35H2,1H3;1H2. The molecule has 0 spiro atoms. The van der Waals surface area contributed by atoms with Crippen molar-refractivity contribution in [2.75, 3.05) is 18.5 Å². The fourth-order valence-corrected chi connectivity index (χ4v) is 17.5. The first-order chi connectivity index (χ1) is 23.3. The Bertz CT molecular complexity index is 1690.